The number of rotatable bonds is 4. The Morgan fingerprint density at radius 1 is 1.33 bits per heavy atom. The van der Waals surface area contributed by atoms with Crippen LogP contribution in [0.1, 0.15) is 39.2 Å². The molecule has 0 aliphatic carbocycles. The van der Waals surface area contributed by atoms with Gasteiger partial charge < -0.3 is 4.74 Å². The van der Waals surface area contributed by atoms with Gasteiger partial charge in [0.15, 0.2) is 10.9 Å². The summed E-state index contributed by atoms with van der Waals surface area (Å²) in [5.41, 5.74) is 1.15. The molecule has 0 spiro atoms. The van der Waals surface area contributed by atoms with Crippen molar-refractivity contribution in [3.63, 3.8) is 0 Å². The highest BCUT2D eigenvalue weighted by Crippen LogP contribution is 2.26. The predicted octanol–water partition coefficient (Wildman–Crippen LogP) is 3.89. The van der Waals surface area contributed by atoms with Crippen molar-refractivity contribution in [3.05, 3.63) is 23.0 Å². The summed E-state index contributed by atoms with van der Waals surface area (Å²) in [5.74, 6) is 1.62. The van der Waals surface area contributed by atoms with Gasteiger partial charge in [-0.15, -0.1) is 0 Å². The Bertz CT molecular complexity index is 323. The zero-order chi connectivity index (χ0) is 11.4. The van der Waals surface area contributed by atoms with Crippen LogP contribution in [0.2, 0.25) is 5.15 Å². The maximum Gasteiger partial charge on any atom is 0.171 e. The average Bonchev–Trinajstić information content (AvgIpc) is 2.16. The van der Waals surface area contributed by atoms with E-state index in [2.05, 4.69) is 32.7 Å². The second kappa shape index (κ2) is 5.36. The minimum Gasteiger partial charge on any atom is -0.490 e. The molecule has 0 unspecified atom stereocenters. The van der Waals surface area contributed by atoms with Crippen LogP contribution in [0.3, 0.4) is 0 Å². The zero-order valence-corrected chi connectivity index (χ0v) is 10.5. The number of pyridine rings is 1. The molecule has 0 aliphatic heterocycles. The fraction of sp³-hybridized carbons (Fsp3) is 0.583. The van der Waals surface area contributed by atoms with Gasteiger partial charge >= 0.3 is 0 Å². The normalized spacial score (nSPS) is 11.1. The van der Waals surface area contributed by atoms with Crippen LogP contribution in [-0.2, 0) is 0 Å². The van der Waals surface area contributed by atoms with Gasteiger partial charge in [-0.2, -0.15) is 0 Å². The Labute approximate surface area is 96.6 Å². The van der Waals surface area contributed by atoms with E-state index in [0.29, 0.717) is 29.3 Å². The molecule has 0 bridgehead atoms. The summed E-state index contributed by atoms with van der Waals surface area (Å²) in [6.07, 6.45) is 1.80. The Kier molecular flexibility index (Phi) is 4.40. The topological polar surface area (TPSA) is 22.1 Å². The lowest BCUT2D eigenvalue weighted by Gasteiger charge is -2.12. The molecule has 15 heavy (non-hydrogen) atoms. The molecule has 0 amide bonds. The summed E-state index contributed by atoms with van der Waals surface area (Å²) in [6.45, 7) is 9.12. The molecule has 0 radical (unpaired) electrons. The van der Waals surface area contributed by atoms with E-state index in [9.17, 15) is 0 Å². The molecule has 1 aromatic rings. The third kappa shape index (κ3) is 3.71. The molecule has 0 saturated heterocycles. The molecule has 0 aliphatic rings. The molecule has 0 fully saturated rings. The van der Waals surface area contributed by atoms with E-state index in [-0.39, 0.29) is 0 Å². The Balaban J connectivity index is 2.81. The summed E-state index contributed by atoms with van der Waals surface area (Å²) in [4.78, 5) is 4.12. The van der Waals surface area contributed by atoms with E-state index >= 15 is 0 Å². The van der Waals surface area contributed by atoms with Crippen LogP contribution in [0.25, 0.3) is 0 Å². The van der Waals surface area contributed by atoms with Crippen LogP contribution < -0.4 is 4.74 Å². The van der Waals surface area contributed by atoms with Gasteiger partial charge in [0.25, 0.3) is 0 Å². The van der Waals surface area contributed by atoms with Gasteiger partial charge in [0, 0.05) is 6.20 Å². The number of hydrogen-bond acceptors (Lipinski definition) is 2. The Morgan fingerprint density at radius 2 is 2.00 bits per heavy atom. The fourth-order valence-corrected chi connectivity index (χ4v) is 1.27. The highest BCUT2D eigenvalue weighted by molar-refractivity contribution is 6.30. The van der Waals surface area contributed by atoms with Gasteiger partial charge in [0.05, 0.1) is 6.61 Å². The summed E-state index contributed by atoms with van der Waals surface area (Å²) in [5, 5.41) is 0.444. The van der Waals surface area contributed by atoms with E-state index in [1.54, 1.807) is 6.20 Å². The van der Waals surface area contributed by atoms with Gasteiger partial charge in [-0.1, -0.05) is 39.3 Å². The second-order valence-electron chi connectivity index (χ2n) is 4.42. The number of hydrogen-bond donors (Lipinski definition) is 0. The molecule has 3 heteroatoms. The summed E-state index contributed by atoms with van der Waals surface area (Å²) >= 11 is 5.95. The molecule has 0 N–H and O–H groups in total. The average molecular weight is 228 g/mol. The van der Waals surface area contributed by atoms with Crippen LogP contribution in [0, 0.1) is 5.92 Å². The van der Waals surface area contributed by atoms with Crippen LogP contribution in [0.15, 0.2) is 12.3 Å². The first kappa shape index (κ1) is 12.3. The number of aromatic nitrogens is 1. The van der Waals surface area contributed by atoms with Crippen molar-refractivity contribution >= 4 is 11.6 Å². The van der Waals surface area contributed by atoms with E-state index < -0.39 is 0 Å². The number of halogens is 1. The maximum atomic E-state index is 5.95. The van der Waals surface area contributed by atoms with E-state index in [4.69, 9.17) is 16.3 Å². The third-order valence-corrected chi connectivity index (χ3v) is 2.35. The SMILES string of the molecule is CC(C)COc1cc(C(C)C)cnc1Cl. The Morgan fingerprint density at radius 3 is 2.53 bits per heavy atom. The lowest BCUT2D eigenvalue weighted by atomic mass is 10.1. The van der Waals surface area contributed by atoms with Crippen LogP contribution in [0.5, 0.6) is 5.75 Å². The molecule has 0 aromatic carbocycles. The standard InChI is InChI=1S/C12H18ClNO/c1-8(2)7-15-11-5-10(9(3)4)6-14-12(11)13/h5-6,8-9H,7H2,1-4H3. The van der Waals surface area contributed by atoms with Gasteiger partial charge in [0.1, 0.15) is 0 Å². The van der Waals surface area contributed by atoms with Crippen LogP contribution in [0.4, 0.5) is 0 Å². The monoisotopic (exact) mass is 227 g/mol. The van der Waals surface area contributed by atoms with Gasteiger partial charge in [-0.3, -0.25) is 0 Å². The zero-order valence-electron chi connectivity index (χ0n) is 9.75. The quantitative estimate of drug-likeness (QED) is 0.728. The van der Waals surface area contributed by atoms with Crippen molar-refractivity contribution in [2.75, 3.05) is 6.61 Å². The first-order chi connectivity index (χ1) is 7.00. The molecule has 2 nitrogen and oxygen atoms in total. The van der Waals surface area contributed by atoms with Crippen LogP contribution >= 0.6 is 11.6 Å². The van der Waals surface area contributed by atoms with Gasteiger partial charge in [0.2, 0.25) is 0 Å². The van der Waals surface area contributed by atoms with Gasteiger partial charge in [-0.05, 0) is 23.5 Å². The predicted molar refractivity (Wildman–Crippen MR) is 63.7 cm³/mol. The van der Waals surface area contributed by atoms with Crippen molar-refractivity contribution < 1.29 is 4.74 Å². The summed E-state index contributed by atoms with van der Waals surface area (Å²) < 4.78 is 5.59. The summed E-state index contributed by atoms with van der Waals surface area (Å²) in [6, 6.07) is 1.97. The molecule has 1 heterocycles. The van der Waals surface area contributed by atoms with Gasteiger partial charge in [-0.25, -0.2) is 4.98 Å². The molecule has 84 valence electrons. The molecule has 1 aromatic heterocycles. The van der Waals surface area contributed by atoms with Crippen molar-refractivity contribution in [1.82, 2.24) is 4.98 Å². The smallest absolute Gasteiger partial charge is 0.171 e. The Hall–Kier alpha value is -0.760. The number of nitrogens with zero attached hydrogens (tertiary/aromatic N) is 1. The minimum absolute atomic E-state index is 0.441. The lowest BCUT2D eigenvalue weighted by Crippen LogP contribution is -2.05. The van der Waals surface area contributed by atoms with Crippen molar-refractivity contribution in [2.24, 2.45) is 5.92 Å². The van der Waals surface area contributed by atoms with Crippen molar-refractivity contribution in [3.8, 4) is 5.75 Å². The first-order valence-electron chi connectivity index (χ1n) is 5.29. The molecular formula is C12H18ClNO. The minimum atomic E-state index is 0.441. The van der Waals surface area contributed by atoms with Crippen molar-refractivity contribution in [2.45, 2.75) is 33.6 Å². The van der Waals surface area contributed by atoms with E-state index in [1.807, 2.05) is 6.07 Å². The number of ether oxygens (including phenoxy) is 1. The highest BCUT2D eigenvalue weighted by Gasteiger charge is 2.07. The van der Waals surface area contributed by atoms with E-state index in [1.165, 1.54) is 0 Å². The van der Waals surface area contributed by atoms with E-state index in [0.717, 1.165) is 5.56 Å². The molecule has 0 atom stereocenters. The first-order valence-corrected chi connectivity index (χ1v) is 5.66. The summed E-state index contributed by atoms with van der Waals surface area (Å²) in [7, 11) is 0. The largest absolute Gasteiger partial charge is 0.490 e. The second-order valence-corrected chi connectivity index (χ2v) is 4.78. The van der Waals surface area contributed by atoms with Crippen LogP contribution in [-0.4, -0.2) is 11.6 Å². The van der Waals surface area contributed by atoms with Crippen molar-refractivity contribution in [1.29, 1.82) is 0 Å². The highest BCUT2D eigenvalue weighted by atomic mass is 35.5. The molecular weight excluding hydrogens is 210 g/mol. The molecule has 1 rings (SSSR count). The third-order valence-electron chi connectivity index (χ3n) is 2.07. The fourth-order valence-electron chi connectivity index (χ4n) is 1.12. The maximum absolute atomic E-state index is 5.95. The molecule has 0 saturated carbocycles. The lowest BCUT2D eigenvalue weighted by molar-refractivity contribution is 0.270.